The molecule has 218 valence electrons. The summed E-state index contributed by atoms with van der Waals surface area (Å²) in [5, 5.41) is 16.2. The summed E-state index contributed by atoms with van der Waals surface area (Å²) in [6.45, 7) is 9.85. The second-order valence-electron chi connectivity index (χ2n) is 11.6. The van der Waals surface area contributed by atoms with Gasteiger partial charge in [0.1, 0.15) is 10.5 Å². The molecule has 0 spiro atoms. The van der Waals surface area contributed by atoms with E-state index in [-0.39, 0.29) is 35.1 Å². The molecule has 3 aliphatic rings. The first-order chi connectivity index (χ1) is 19.1. The number of thiophene rings is 1. The fraction of sp³-hybridized carbons (Fsp3) is 0.567. The monoisotopic (exact) mass is 570 g/mol. The number of piperazine rings is 2. The molecule has 1 aromatic heterocycles. The molecule has 0 bridgehead atoms. The number of ether oxygens (including phenoxy) is 1. The number of hydrogen-bond acceptors (Lipinski definition) is 7. The Kier molecular flexibility index (Phi) is 10.2. The van der Waals surface area contributed by atoms with Crippen LogP contribution in [0.1, 0.15) is 62.5 Å². The highest BCUT2D eigenvalue weighted by Gasteiger charge is 2.38. The van der Waals surface area contributed by atoms with E-state index in [1.807, 2.05) is 57.2 Å². The van der Waals surface area contributed by atoms with Gasteiger partial charge in [0.05, 0.1) is 18.3 Å². The third kappa shape index (κ3) is 7.83. The zero-order chi connectivity index (χ0) is 28.7. The number of carbonyl (C=O) groups is 3. The van der Waals surface area contributed by atoms with E-state index in [4.69, 9.17) is 4.74 Å². The average Bonchev–Trinajstić information content (AvgIpc) is 3.39. The molecule has 40 heavy (non-hydrogen) atoms. The van der Waals surface area contributed by atoms with Crippen molar-refractivity contribution in [3.63, 3.8) is 0 Å². The predicted octanol–water partition coefficient (Wildman–Crippen LogP) is 4.83. The lowest BCUT2D eigenvalue weighted by Gasteiger charge is -2.41. The van der Waals surface area contributed by atoms with Gasteiger partial charge in [-0.05, 0) is 51.2 Å². The highest BCUT2D eigenvalue weighted by molar-refractivity contribution is 7.18. The Bertz CT molecular complexity index is 1150. The molecule has 2 amide bonds. The number of nitrogens with one attached hydrogen (secondary N) is 2. The Morgan fingerprint density at radius 1 is 1.02 bits per heavy atom. The van der Waals surface area contributed by atoms with Gasteiger partial charge in [-0.15, -0.1) is 11.3 Å². The summed E-state index contributed by atoms with van der Waals surface area (Å²) in [7, 11) is 0. The van der Waals surface area contributed by atoms with Crippen LogP contribution >= 0.6 is 11.3 Å². The molecule has 1 saturated carbocycles. The van der Waals surface area contributed by atoms with Crippen LogP contribution in [0.4, 0.5) is 10.5 Å². The summed E-state index contributed by atoms with van der Waals surface area (Å²) in [4.78, 5) is 41.0. The van der Waals surface area contributed by atoms with Gasteiger partial charge in [0.2, 0.25) is 5.91 Å². The number of carboxylic acid groups (broad SMARTS) is 1. The summed E-state index contributed by atoms with van der Waals surface area (Å²) in [6.07, 6.45) is 5.64. The van der Waals surface area contributed by atoms with Crippen LogP contribution in [-0.4, -0.2) is 78.9 Å². The summed E-state index contributed by atoms with van der Waals surface area (Å²) in [5.74, 6) is -0.570. The van der Waals surface area contributed by atoms with E-state index in [0.29, 0.717) is 11.6 Å². The fourth-order valence-electron chi connectivity index (χ4n) is 5.53. The molecule has 10 heteroatoms. The molecule has 9 nitrogen and oxygen atoms in total. The molecule has 3 fully saturated rings. The van der Waals surface area contributed by atoms with Crippen molar-refractivity contribution >= 4 is 35.0 Å². The molecule has 3 N–H and O–H groups in total. The van der Waals surface area contributed by atoms with Crippen LogP contribution in [0.25, 0.3) is 10.4 Å². The molecule has 3 heterocycles. The van der Waals surface area contributed by atoms with Crippen LogP contribution in [0.2, 0.25) is 0 Å². The zero-order valence-corrected chi connectivity index (χ0v) is 24.6. The summed E-state index contributed by atoms with van der Waals surface area (Å²) in [6, 6.07) is 11.7. The Hall–Kier alpha value is -2.95. The summed E-state index contributed by atoms with van der Waals surface area (Å²) in [5.41, 5.74) is 1.16. The van der Waals surface area contributed by atoms with Crippen LogP contribution in [0.3, 0.4) is 0 Å². The minimum atomic E-state index is -0.967. The number of rotatable bonds is 4. The van der Waals surface area contributed by atoms with Crippen LogP contribution in [0.15, 0.2) is 36.4 Å². The zero-order valence-electron chi connectivity index (χ0n) is 23.8. The van der Waals surface area contributed by atoms with Crippen molar-refractivity contribution in [2.24, 2.45) is 5.92 Å². The van der Waals surface area contributed by atoms with Crippen LogP contribution < -0.4 is 15.5 Å². The first-order valence-electron chi connectivity index (χ1n) is 14.3. The Labute approximate surface area is 240 Å². The van der Waals surface area contributed by atoms with Gasteiger partial charge in [-0.25, -0.2) is 9.59 Å². The normalized spacial score (nSPS) is 20.5. The van der Waals surface area contributed by atoms with Gasteiger partial charge >= 0.3 is 12.1 Å². The number of benzene rings is 1. The third-order valence-electron chi connectivity index (χ3n) is 7.42. The number of amides is 2. The molecule has 1 aliphatic carbocycles. The van der Waals surface area contributed by atoms with Crippen molar-refractivity contribution < 1.29 is 24.2 Å². The first kappa shape index (κ1) is 30.0. The average molecular weight is 571 g/mol. The molecule has 0 radical (unpaired) electrons. The van der Waals surface area contributed by atoms with Gasteiger partial charge < -0.3 is 30.3 Å². The van der Waals surface area contributed by atoms with E-state index in [1.165, 1.54) is 30.6 Å². The maximum Gasteiger partial charge on any atom is 0.410 e. The third-order valence-corrected chi connectivity index (χ3v) is 8.58. The Morgan fingerprint density at radius 3 is 2.33 bits per heavy atom. The minimum Gasteiger partial charge on any atom is -0.477 e. The molecular formula is C30H42N4O5S. The topological polar surface area (TPSA) is 111 Å². The van der Waals surface area contributed by atoms with E-state index in [1.54, 1.807) is 9.80 Å². The first-order valence-corrected chi connectivity index (χ1v) is 15.1. The van der Waals surface area contributed by atoms with Crippen molar-refractivity contribution in [3.8, 4) is 10.4 Å². The highest BCUT2D eigenvalue weighted by atomic mass is 32.1. The molecule has 1 aromatic carbocycles. The highest BCUT2D eigenvalue weighted by Crippen LogP contribution is 2.40. The smallest absolute Gasteiger partial charge is 0.410 e. The molecule has 0 unspecified atom stereocenters. The van der Waals surface area contributed by atoms with Gasteiger partial charge in [-0.2, -0.15) is 0 Å². The van der Waals surface area contributed by atoms with Crippen LogP contribution in [0, 0.1) is 5.92 Å². The van der Waals surface area contributed by atoms with Crippen molar-refractivity contribution in [1.82, 2.24) is 15.5 Å². The van der Waals surface area contributed by atoms with Crippen molar-refractivity contribution in [1.29, 1.82) is 0 Å². The second kappa shape index (κ2) is 13.6. The lowest BCUT2D eigenvalue weighted by Crippen LogP contribution is -2.58. The van der Waals surface area contributed by atoms with Crippen LogP contribution in [-0.2, 0) is 9.53 Å². The van der Waals surface area contributed by atoms with Gasteiger partial charge in [-0.3, -0.25) is 4.79 Å². The van der Waals surface area contributed by atoms with Crippen molar-refractivity contribution in [2.45, 2.75) is 64.5 Å². The molecule has 2 aromatic rings. The van der Waals surface area contributed by atoms with Crippen LogP contribution in [0.5, 0.6) is 0 Å². The van der Waals surface area contributed by atoms with E-state index in [0.717, 1.165) is 56.0 Å². The summed E-state index contributed by atoms with van der Waals surface area (Å²) < 4.78 is 5.24. The summed E-state index contributed by atoms with van der Waals surface area (Å²) >= 11 is 1.25. The minimum absolute atomic E-state index is 0.0304. The number of hydrogen-bond donors (Lipinski definition) is 3. The fourth-order valence-corrected chi connectivity index (χ4v) is 6.52. The van der Waals surface area contributed by atoms with Gasteiger partial charge in [0, 0.05) is 37.6 Å². The van der Waals surface area contributed by atoms with E-state index in [9.17, 15) is 19.5 Å². The lowest BCUT2D eigenvalue weighted by atomic mass is 9.82. The number of nitrogens with zero attached hydrogens (tertiary/aromatic N) is 2. The predicted molar refractivity (Wildman–Crippen MR) is 158 cm³/mol. The Balaban J connectivity index is 0.000000240. The quantitative estimate of drug-likeness (QED) is 0.483. The SMILES string of the molecule is CC(C)(C)OC(=O)N1CCNCC1.O=C(O)c1sc(-c2ccccc2)cc1N1C(=O)CNC[C@H]1C1CCCCC1. The molecule has 1 atom stereocenters. The Morgan fingerprint density at radius 2 is 1.70 bits per heavy atom. The molecule has 5 rings (SSSR count). The number of carboxylic acids is 1. The van der Waals surface area contributed by atoms with Gasteiger partial charge in [0.15, 0.2) is 0 Å². The number of anilines is 1. The molecule has 2 saturated heterocycles. The maximum absolute atomic E-state index is 12.8. The lowest BCUT2D eigenvalue weighted by molar-refractivity contribution is -0.119. The molecular weight excluding hydrogens is 528 g/mol. The van der Waals surface area contributed by atoms with Crippen molar-refractivity contribution in [2.75, 3.05) is 44.2 Å². The van der Waals surface area contributed by atoms with E-state index >= 15 is 0 Å². The van der Waals surface area contributed by atoms with Crippen molar-refractivity contribution in [3.05, 3.63) is 41.3 Å². The van der Waals surface area contributed by atoms with E-state index < -0.39 is 5.97 Å². The van der Waals surface area contributed by atoms with E-state index in [2.05, 4.69) is 10.6 Å². The largest absolute Gasteiger partial charge is 0.477 e. The van der Waals surface area contributed by atoms with Gasteiger partial charge in [-0.1, -0.05) is 49.6 Å². The standard InChI is InChI=1S/C21H24N2O3S.C9H18N2O2/c24-19-13-22-12-17(14-7-3-1-4-8-14)23(19)16-11-18(27-20(16)21(25)26)15-9-5-2-6-10-15;1-9(2,3)13-8(12)11-6-4-10-5-7-11/h2,5-6,9-11,14,17,22H,1,3-4,7-8,12-13H2,(H,25,26);10H,4-7H2,1-3H3/t17-;/m0./s1. The molecule has 2 aliphatic heterocycles. The van der Waals surface area contributed by atoms with Gasteiger partial charge in [0.25, 0.3) is 0 Å². The number of aromatic carboxylic acids is 1. The maximum atomic E-state index is 12.8. The number of carbonyl (C=O) groups excluding carboxylic acids is 2. The second-order valence-corrected chi connectivity index (χ2v) is 12.6.